The van der Waals surface area contributed by atoms with E-state index in [4.69, 9.17) is 46.4 Å². The van der Waals surface area contributed by atoms with Gasteiger partial charge in [-0.2, -0.15) is 0 Å². The first-order valence-electron chi connectivity index (χ1n) is 6.45. The van der Waals surface area contributed by atoms with E-state index >= 15 is 0 Å². The second kappa shape index (κ2) is 9.06. The second-order valence-electron chi connectivity index (χ2n) is 4.33. The summed E-state index contributed by atoms with van der Waals surface area (Å²) in [6.45, 7) is 1.57. The summed E-state index contributed by atoms with van der Waals surface area (Å²) in [5, 5.41) is 5.35. The first-order valence-corrected chi connectivity index (χ1v) is 8.78. The minimum Gasteiger partial charge on any atom is -0.382 e. The molecule has 2 rings (SSSR count). The highest BCUT2D eigenvalue weighted by molar-refractivity contribution is 7.97. The fraction of sp³-hybridized carbons (Fsp3) is 0.214. The lowest BCUT2D eigenvalue weighted by Gasteiger charge is -2.10. The number of pyridine rings is 1. The number of anilines is 1. The Morgan fingerprint density at radius 2 is 1.64 bits per heavy atom. The summed E-state index contributed by atoms with van der Waals surface area (Å²) in [5.41, 5.74) is 0.718. The maximum Gasteiger partial charge on any atom is 0.0836 e. The lowest BCUT2D eigenvalue weighted by Crippen LogP contribution is -2.11. The smallest absolute Gasteiger partial charge is 0.0836 e. The highest BCUT2D eigenvalue weighted by Gasteiger charge is 2.05. The zero-order chi connectivity index (χ0) is 15.9. The molecule has 0 aliphatic heterocycles. The molecule has 1 aromatic heterocycles. The number of hydrogen-bond donors (Lipinski definition) is 2. The molecule has 118 valence electrons. The molecule has 0 spiro atoms. The highest BCUT2D eigenvalue weighted by atomic mass is 35.5. The molecule has 0 aliphatic carbocycles. The molecule has 0 atom stereocenters. The van der Waals surface area contributed by atoms with E-state index in [9.17, 15) is 0 Å². The van der Waals surface area contributed by atoms with Gasteiger partial charge in [0.2, 0.25) is 0 Å². The van der Waals surface area contributed by atoms with Gasteiger partial charge in [-0.15, -0.1) is 0 Å². The van der Waals surface area contributed by atoms with Crippen LogP contribution in [0.1, 0.15) is 6.42 Å². The molecule has 0 unspecified atom stereocenters. The minimum atomic E-state index is 0.519. The van der Waals surface area contributed by atoms with Crippen molar-refractivity contribution in [2.24, 2.45) is 0 Å². The zero-order valence-corrected chi connectivity index (χ0v) is 15.2. The molecule has 1 aromatic carbocycles. The van der Waals surface area contributed by atoms with Crippen LogP contribution >= 0.6 is 58.4 Å². The van der Waals surface area contributed by atoms with E-state index in [-0.39, 0.29) is 0 Å². The Morgan fingerprint density at radius 3 is 2.32 bits per heavy atom. The first-order chi connectivity index (χ1) is 10.6. The molecule has 3 nitrogen and oxygen atoms in total. The normalized spacial score (nSPS) is 10.7. The monoisotopic (exact) mass is 395 g/mol. The molecule has 0 fully saturated rings. The van der Waals surface area contributed by atoms with Gasteiger partial charge in [-0.05, 0) is 36.6 Å². The Hall–Kier alpha value is -0.360. The average Bonchev–Trinajstić information content (AvgIpc) is 2.49. The van der Waals surface area contributed by atoms with Crippen LogP contribution in [0.25, 0.3) is 0 Å². The van der Waals surface area contributed by atoms with Crippen LogP contribution < -0.4 is 10.0 Å². The van der Waals surface area contributed by atoms with Gasteiger partial charge in [-0.1, -0.05) is 46.4 Å². The number of benzene rings is 1. The molecule has 0 radical (unpaired) electrons. The summed E-state index contributed by atoms with van der Waals surface area (Å²) in [4.78, 5) is 4.93. The Balaban J connectivity index is 1.68. The van der Waals surface area contributed by atoms with Gasteiger partial charge in [0, 0.05) is 30.4 Å². The van der Waals surface area contributed by atoms with Crippen LogP contribution in [0.15, 0.2) is 35.5 Å². The lowest BCUT2D eigenvalue weighted by atomic mass is 10.3. The van der Waals surface area contributed by atoms with Crippen LogP contribution in [0.3, 0.4) is 0 Å². The van der Waals surface area contributed by atoms with E-state index in [2.05, 4.69) is 15.0 Å². The third-order valence-corrected chi connectivity index (χ3v) is 4.84. The highest BCUT2D eigenvalue weighted by Crippen LogP contribution is 2.28. The van der Waals surface area contributed by atoms with Crippen molar-refractivity contribution in [1.82, 2.24) is 9.71 Å². The molecular weight excluding hydrogens is 384 g/mol. The third-order valence-electron chi connectivity index (χ3n) is 2.69. The zero-order valence-electron chi connectivity index (χ0n) is 11.4. The molecule has 0 bridgehead atoms. The molecule has 0 saturated heterocycles. The number of nitrogens with zero attached hydrogens (tertiary/aromatic N) is 1. The van der Waals surface area contributed by atoms with Crippen molar-refractivity contribution >= 4 is 64.0 Å². The van der Waals surface area contributed by atoms with Crippen LogP contribution in [0.4, 0.5) is 5.69 Å². The Morgan fingerprint density at radius 1 is 0.909 bits per heavy atom. The number of halogens is 4. The summed E-state index contributed by atoms with van der Waals surface area (Å²) in [7, 11) is 0. The first kappa shape index (κ1) is 18.0. The minimum absolute atomic E-state index is 0.519. The van der Waals surface area contributed by atoms with Gasteiger partial charge >= 0.3 is 0 Å². The SMILES string of the molecule is Clc1ccc(SNCCCNc2c(Cl)cncc2Cl)cc1Cl. The number of nitrogens with one attached hydrogen (secondary N) is 2. The number of aromatic nitrogens is 1. The van der Waals surface area contributed by atoms with Gasteiger partial charge in [0.25, 0.3) is 0 Å². The summed E-state index contributed by atoms with van der Waals surface area (Å²) in [6, 6.07) is 5.53. The van der Waals surface area contributed by atoms with Crippen molar-refractivity contribution in [1.29, 1.82) is 0 Å². The van der Waals surface area contributed by atoms with Crippen LogP contribution in [-0.2, 0) is 0 Å². The maximum atomic E-state index is 6.02. The molecule has 1 heterocycles. The fourth-order valence-electron chi connectivity index (χ4n) is 1.63. The van der Waals surface area contributed by atoms with Gasteiger partial charge in [0.1, 0.15) is 0 Å². The summed E-state index contributed by atoms with van der Waals surface area (Å²) in [5.74, 6) is 0. The molecule has 8 heteroatoms. The van der Waals surface area contributed by atoms with Crippen LogP contribution in [0.5, 0.6) is 0 Å². The van der Waals surface area contributed by atoms with E-state index in [1.807, 2.05) is 12.1 Å². The van der Waals surface area contributed by atoms with Gasteiger partial charge < -0.3 is 5.32 Å². The van der Waals surface area contributed by atoms with Crippen molar-refractivity contribution in [2.75, 3.05) is 18.4 Å². The van der Waals surface area contributed by atoms with Crippen LogP contribution in [0.2, 0.25) is 20.1 Å². The van der Waals surface area contributed by atoms with Crippen molar-refractivity contribution in [3.63, 3.8) is 0 Å². The van der Waals surface area contributed by atoms with E-state index in [0.717, 1.165) is 30.1 Å². The van der Waals surface area contributed by atoms with E-state index in [1.165, 1.54) is 11.9 Å². The van der Waals surface area contributed by atoms with Crippen LogP contribution in [0, 0.1) is 0 Å². The molecule has 0 saturated carbocycles. The molecule has 2 N–H and O–H groups in total. The van der Waals surface area contributed by atoms with Crippen molar-refractivity contribution in [3.8, 4) is 0 Å². The Bertz CT molecular complexity index is 619. The largest absolute Gasteiger partial charge is 0.382 e. The maximum absolute atomic E-state index is 6.02. The average molecular weight is 397 g/mol. The Kier molecular flexibility index (Phi) is 7.41. The van der Waals surface area contributed by atoms with Gasteiger partial charge in [-0.25, -0.2) is 0 Å². The topological polar surface area (TPSA) is 37.0 Å². The van der Waals surface area contributed by atoms with Crippen LogP contribution in [-0.4, -0.2) is 18.1 Å². The molecule has 0 aliphatic rings. The predicted octanol–water partition coefficient (Wildman–Crippen LogP) is 5.79. The standard InChI is InChI=1S/C14H13Cl4N3S/c15-10-3-2-9(6-11(10)16)22-21-5-1-4-20-14-12(17)7-19-8-13(14)18/h2-3,6-8,21H,1,4-5H2,(H,19,20). The predicted molar refractivity (Wildman–Crippen MR) is 97.7 cm³/mol. The van der Waals surface area contributed by atoms with Crippen molar-refractivity contribution in [2.45, 2.75) is 11.3 Å². The van der Waals surface area contributed by atoms with Gasteiger partial charge in [0.15, 0.2) is 0 Å². The van der Waals surface area contributed by atoms with E-state index < -0.39 is 0 Å². The second-order valence-corrected chi connectivity index (χ2v) is 6.92. The third kappa shape index (κ3) is 5.37. The molecule has 0 amide bonds. The molecular formula is C14H13Cl4N3S. The van der Waals surface area contributed by atoms with Gasteiger partial charge in [0.05, 0.1) is 25.8 Å². The summed E-state index contributed by atoms with van der Waals surface area (Å²) in [6.07, 6.45) is 4.03. The van der Waals surface area contributed by atoms with Gasteiger partial charge in [-0.3, -0.25) is 9.71 Å². The summed E-state index contributed by atoms with van der Waals surface area (Å²) >= 11 is 25.4. The summed E-state index contributed by atoms with van der Waals surface area (Å²) < 4.78 is 3.26. The Labute approximate surface area is 153 Å². The quantitative estimate of drug-likeness (QED) is 0.458. The molecule has 22 heavy (non-hydrogen) atoms. The van der Waals surface area contributed by atoms with Crippen molar-refractivity contribution in [3.05, 3.63) is 50.7 Å². The fourth-order valence-corrected chi connectivity index (χ4v) is 3.22. The van der Waals surface area contributed by atoms with E-state index in [0.29, 0.717) is 20.1 Å². The van der Waals surface area contributed by atoms with Crippen molar-refractivity contribution < 1.29 is 0 Å². The molecule has 2 aromatic rings. The number of hydrogen-bond acceptors (Lipinski definition) is 4. The van der Waals surface area contributed by atoms with E-state index in [1.54, 1.807) is 18.5 Å². The number of rotatable bonds is 7. The lowest BCUT2D eigenvalue weighted by molar-refractivity contribution is 0.833.